The number of rotatable bonds is 6. The predicted molar refractivity (Wildman–Crippen MR) is 118 cm³/mol. The van der Waals surface area contributed by atoms with Crippen LogP contribution in [0.3, 0.4) is 0 Å². The van der Waals surface area contributed by atoms with Crippen molar-refractivity contribution in [2.75, 3.05) is 5.32 Å². The third-order valence-corrected chi connectivity index (χ3v) is 4.41. The van der Waals surface area contributed by atoms with Crippen molar-refractivity contribution in [3.05, 3.63) is 94.5 Å². The number of carbonyl (C=O) groups excluding carboxylic acids is 2. The number of carbonyl (C=O) groups is 2. The van der Waals surface area contributed by atoms with Gasteiger partial charge in [-0.2, -0.15) is 5.10 Å². The molecule has 0 spiro atoms. The molecule has 0 aromatic heterocycles. The molecule has 0 radical (unpaired) electrons. The number of ether oxygens (including phenoxy) is 1. The van der Waals surface area contributed by atoms with Gasteiger partial charge in [0, 0.05) is 10.7 Å². The van der Waals surface area contributed by atoms with Crippen LogP contribution in [-0.2, 0) is 16.2 Å². The Balaban J connectivity index is 1.52. The molecule has 7 heteroatoms. The minimum atomic E-state index is -0.857. The first-order valence-corrected chi connectivity index (χ1v) is 9.56. The van der Waals surface area contributed by atoms with Crippen molar-refractivity contribution in [2.24, 2.45) is 5.10 Å². The first-order valence-electron chi connectivity index (χ1n) is 9.18. The van der Waals surface area contributed by atoms with Gasteiger partial charge in [-0.3, -0.25) is 9.59 Å². The molecule has 0 bridgehead atoms. The van der Waals surface area contributed by atoms with Crippen molar-refractivity contribution in [3.8, 4) is 5.75 Å². The Hall–Kier alpha value is -3.64. The molecule has 0 saturated heterocycles. The smallest absolute Gasteiger partial charge is 0.329 e. The summed E-state index contributed by atoms with van der Waals surface area (Å²) in [7, 11) is 0. The molecule has 0 unspecified atom stereocenters. The number of hydrazone groups is 1. The second kappa shape index (κ2) is 10.2. The highest BCUT2D eigenvalue weighted by atomic mass is 35.5. The maximum absolute atomic E-state index is 12.0. The molecule has 152 valence electrons. The van der Waals surface area contributed by atoms with Gasteiger partial charge in [-0.15, -0.1) is 0 Å². The maximum atomic E-state index is 12.0. The Kier molecular flexibility index (Phi) is 7.19. The molecule has 0 saturated carbocycles. The molecule has 0 fully saturated rings. The van der Waals surface area contributed by atoms with E-state index >= 15 is 0 Å². The molecule has 0 aliphatic heterocycles. The van der Waals surface area contributed by atoms with Crippen LogP contribution in [-0.4, -0.2) is 18.0 Å². The molecule has 3 aromatic rings. The molecular weight excluding hydrogens is 402 g/mol. The van der Waals surface area contributed by atoms with Crippen LogP contribution in [0.15, 0.2) is 77.9 Å². The summed E-state index contributed by atoms with van der Waals surface area (Å²) in [5, 5.41) is 7.06. The van der Waals surface area contributed by atoms with Gasteiger partial charge in [-0.25, -0.2) is 5.43 Å². The van der Waals surface area contributed by atoms with Crippen molar-refractivity contribution in [2.45, 2.75) is 13.5 Å². The largest absolute Gasteiger partial charge is 0.489 e. The Morgan fingerprint density at radius 1 is 1.00 bits per heavy atom. The van der Waals surface area contributed by atoms with Gasteiger partial charge in [0.1, 0.15) is 12.4 Å². The minimum absolute atomic E-state index is 0.396. The molecule has 3 rings (SSSR count). The van der Waals surface area contributed by atoms with Crippen LogP contribution in [0.4, 0.5) is 5.69 Å². The number of hydrogen-bond acceptors (Lipinski definition) is 4. The van der Waals surface area contributed by atoms with Gasteiger partial charge in [0.25, 0.3) is 0 Å². The normalized spacial score (nSPS) is 10.6. The summed E-state index contributed by atoms with van der Waals surface area (Å²) in [6, 6.07) is 21.8. The number of hydrogen-bond donors (Lipinski definition) is 2. The number of nitrogens with zero attached hydrogens (tertiary/aromatic N) is 1. The molecule has 30 heavy (non-hydrogen) atoms. The number of anilines is 1. The van der Waals surface area contributed by atoms with Crippen LogP contribution in [0.1, 0.15) is 16.7 Å². The summed E-state index contributed by atoms with van der Waals surface area (Å²) in [4.78, 5) is 23.9. The first-order chi connectivity index (χ1) is 14.5. The molecule has 0 aliphatic carbocycles. The fourth-order valence-corrected chi connectivity index (χ4v) is 2.67. The topological polar surface area (TPSA) is 79.8 Å². The van der Waals surface area contributed by atoms with E-state index in [4.69, 9.17) is 16.3 Å². The zero-order chi connectivity index (χ0) is 21.3. The van der Waals surface area contributed by atoms with Gasteiger partial charge in [0.2, 0.25) is 0 Å². The van der Waals surface area contributed by atoms with Crippen LogP contribution in [0.2, 0.25) is 5.02 Å². The number of nitrogens with one attached hydrogen (secondary N) is 2. The molecule has 0 atom stereocenters. The number of aryl methyl sites for hydroxylation is 1. The molecule has 6 nitrogen and oxygen atoms in total. The average molecular weight is 422 g/mol. The highest BCUT2D eigenvalue weighted by molar-refractivity contribution is 6.39. The van der Waals surface area contributed by atoms with E-state index < -0.39 is 11.8 Å². The summed E-state index contributed by atoms with van der Waals surface area (Å²) < 4.78 is 5.76. The number of para-hydroxylation sites is 1. The van der Waals surface area contributed by atoms with Crippen LogP contribution < -0.4 is 15.5 Å². The van der Waals surface area contributed by atoms with Crippen LogP contribution >= 0.6 is 11.6 Å². The summed E-state index contributed by atoms with van der Waals surface area (Å²) in [5.74, 6) is -0.997. The highest BCUT2D eigenvalue weighted by Crippen LogP contribution is 2.16. The third-order valence-electron chi connectivity index (χ3n) is 4.16. The Labute approximate surface area is 179 Å². The lowest BCUT2D eigenvalue weighted by Crippen LogP contribution is -2.32. The number of amides is 2. The SMILES string of the molecule is Cc1ccccc1NC(=O)C(=O)N/N=C\c1cccc(OCc2ccc(Cl)cc2)c1. The third kappa shape index (κ3) is 6.18. The van der Waals surface area contributed by atoms with Gasteiger partial charge in [-0.05, 0) is 53.9 Å². The van der Waals surface area contributed by atoms with E-state index in [2.05, 4.69) is 15.8 Å². The van der Waals surface area contributed by atoms with E-state index in [1.807, 2.05) is 43.3 Å². The monoisotopic (exact) mass is 421 g/mol. The summed E-state index contributed by atoms with van der Waals surface area (Å²) in [6.07, 6.45) is 1.44. The van der Waals surface area contributed by atoms with Crippen LogP contribution in [0, 0.1) is 6.92 Å². The van der Waals surface area contributed by atoms with Gasteiger partial charge < -0.3 is 10.1 Å². The van der Waals surface area contributed by atoms with E-state index in [0.717, 1.165) is 11.1 Å². The fourth-order valence-electron chi connectivity index (χ4n) is 2.54. The first kappa shape index (κ1) is 21.1. The maximum Gasteiger partial charge on any atom is 0.329 e. The zero-order valence-electron chi connectivity index (χ0n) is 16.3. The van der Waals surface area contributed by atoms with Crippen molar-refractivity contribution in [3.63, 3.8) is 0 Å². The lowest BCUT2D eigenvalue weighted by Gasteiger charge is -2.07. The molecule has 3 aromatic carbocycles. The number of halogens is 1. The van der Waals surface area contributed by atoms with Crippen LogP contribution in [0.5, 0.6) is 5.75 Å². The summed E-state index contributed by atoms with van der Waals surface area (Å²) in [5.41, 5.74) is 5.36. The van der Waals surface area contributed by atoms with Gasteiger partial charge in [0.15, 0.2) is 0 Å². The molecule has 0 heterocycles. The predicted octanol–water partition coefficient (Wildman–Crippen LogP) is 4.32. The summed E-state index contributed by atoms with van der Waals surface area (Å²) in [6.45, 7) is 2.24. The zero-order valence-corrected chi connectivity index (χ0v) is 17.0. The molecular formula is C23H20ClN3O3. The molecule has 2 N–H and O–H groups in total. The standard InChI is InChI=1S/C23H20ClN3O3/c1-16-5-2-3-8-21(16)26-22(28)23(29)27-25-14-18-6-4-7-20(13-18)30-15-17-9-11-19(24)12-10-17/h2-14H,15H2,1H3,(H,26,28)(H,27,29)/b25-14-. The Morgan fingerprint density at radius 3 is 2.53 bits per heavy atom. The van der Waals surface area contributed by atoms with Crippen molar-refractivity contribution < 1.29 is 14.3 Å². The van der Waals surface area contributed by atoms with Gasteiger partial charge in [0.05, 0.1) is 6.21 Å². The quantitative estimate of drug-likeness (QED) is 0.353. The van der Waals surface area contributed by atoms with Gasteiger partial charge >= 0.3 is 11.8 Å². The second-order valence-electron chi connectivity index (χ2n) is 6.46. The highest BCUT2D eigenvalue weighted by Gasteiger charge is 2.13. The van der Waals surface area contributed by atoms with Crippen molar-refractivity contribution in [1.29, 1.82) is 0 Å². The minimum Gasteiger partial charge on any atom is -0.489 e. The molecule has 2 amide bonds. The molecule has 0 aliphatic rings. The van der Waals surface area contributed by atoms with E-state index in [-0.39, 0.29) is 0 Å². The van der Waals surface area contributed by atoms with E-state index in [1.165, 1.54) is 6.21 Å². The van der Waals surface area contributed by atoms with Crippen LogP contribution in [0.25, 0.3) is 0 Å². The summed E-state index contributed by atoms with van der Waals surface area (Å²) >= 11 is 5.88. The van der Waals surface area contributed by atoms with E-state index in [9.17, 15) is 9.59 Å². The van der Waals surface area contributed by atoms with Crippen molar-refractivity contribution in [1.82, 2.24) is 5.43 Å². The van der Waals surface area contributed by atoms with Gasteiger partial charge in [-0.1, -0.05) is 54.1 Å². The van der Waals surface area contributed by atoms with E-state index in [1.54, 1.807) is 36.4 Å². The Bertz CT molecular complexity index is 1070. The Morgan fingerprint density at radius 2 is 1.77 bits per heavy atom. The number of benzene rings is 3. The lowest BCUT2D eigenvalue weighted by atomic mass is 10.2. The second-order valence-corrected chi connectivity index (χ2v) is 6.89. The van der Waals surface area contributed by atoms with Crippen molar-refractivity contribution >= 4 is 35.3 Å². The fraction of sp³-hybridized carbons (Fsp3) is 0.0870. The van der Waals surface area contributed by atoms with E-state index in [0.29, 0.717) is 28.6 Å². The average Bonchev–Trinajstić information content (AvgIpc) is 2.75. The lowest BCUT2D eigenvalue weighted by molar-refractivity contribution is -0.136.